The van der Waals surface area contributed by atoms with Crippen LogP contribution in [-0.2, 0) is 51.2 Å². The first-order chi connectivity index (χ1) is 22.5. The normalized spacial score (nSPS) is 14.4. The number of phosphoric acid groups is 4. The third-order valence-electron chi connectivity index (χ3n) is 6.18. The van der Waals surface area contributed by atoms with Crippen molar-refractivity contribution in [1.29, 1.82) is 0 Å². The van der Waals surface area contributed by atoms with Gasteiger partial charge >= 0.3 is 31.3 Å². The molecule has 49 heavy (non-hydrogen) atoms. The van der Waals surface area contributed by atoms with Crippen LogP contribution in [0.3, 0.4) is 0 Å². The molecule has 2 aromatic carbocycles. The summed E-state index contributed by atoms with van der Waals surface area (Å²) in [4.78, 5) is 71.0. The highest BCUT2D eigenvalue weighted by Crippen LogP contribution is 2.42. The summed E-state index contributed by atoms with van der Waals surface area (Å²) in [6.07, 6.45) is -2.89. The van der Waals surface area contributed by atoms with Crippen molar-refractivity contribution in [1.82, 2.24) is 0 Å². The van der Waals surface area contributed by atoms with Gasteiger partial charge in [0.1, 0.15) is 36.9 Å². The molecule has 8 N–H and O–H groups in total. The number of phosphoric ester groups is 4. The first-order valence-electron chi connectivity index (χ1n) is 14.0. The van der Waals surface area contributed by atoms with Crippen molar-refractivity contribution in [2.24, 2.45) is 0 Å². The van der Waals surface area contributed by atoms with Crippen molar-refractivity contribution >= 4 is 31.3 Å². The van der Waals surface area contributed by atoms with Gasteiger partial charge in [-0.3, -0.25) is 18.1 Å². The van der Waals surface area contributed by atoms with Gasteiger partial charge in [-0.1, -0.05) is 38.1 Å². The van der Waals surface area contributed by atoms with Crippen LogP contribution >= 0.6 is 31.3 Å². The predicted molar refractivity (Wildman–Crippen MR) is 167 cm³/mol. The molecule has 0 aliphatic rings. The number of ether oxygens (including phenoxy) is 4. The highest BCUT2D eigenvalue weighted by molar-refractivity contribution is 7.47. The highest BCUT2D eigenvalue weighted by Gasteiger charge is 2.28. The summed E-state index contributed by atoms with van der Waals surface area (Å²) in [5, 5.41) is 0. The maximum absolute atomic E-state index is 11.1. The van der Waals surface area contributed by atoms with Crippen LogP contribution in [0.2, 0.25) is 0 Å². The summed E-state index contributed by atoms with van der Waals surface area (Å²) >= 11 is 0. The molecule has 2 atom stereocenters. The van der Waals surface area contributed by atoms with E-state index in [1.165, 1.54) is 0 Å². The summed E-state index contributed by atoms with van der Waals surface area (Å²) in [6, 6.07) is 14.5. The van der Waals surface area contributed by atoms with Gasteiger partial charge in [0.25, 0.3) is 0 Å². The molecule has 0 aromatic heterocycles. The van der Waals surface area contributed by atoms with E-state index in [4.69, 9.17) is 58.1 Å². The lowest BCUT2D eigenvalue weighted by molar-refractivity contribution is -0.00228. The lowest BCUT2D eigenvalue weighted by Crippen LogP contribution is -2.25. The van der Waals surface area contributed by atoms with E-state index >= 15 is 0 Å². The Balaban J connectivity index is 1.81. The second kappa shape index (κ2) is 19.3. The van der Waals surface area contributed by atoms with E-state index in [0.29, 0.717) is 11.5 Å². The quantitative estimate of drug-likeness (QED) is 0.0557. The molecular formula is C25H40O20P4. The van der Waals surface area contributed by atoms with Crippen molar-refractivity contribution in [2.75, 3.05) is 52.9 Å². The lowest BCUT2D eigenvalue weighted by atomic mass is 9.78. The first kappa shape index (κ1) is 43.6. The Kier molecular flexibility index (Phi) is 17.2. The maximum Gasteiger partial charge on any atom is 0.470 e. The van der Waals surface area contributed by atoms with E-state index in [9.17, 15) is 18.3 Å². The molecule has 24 heteroatoms. The van der Waals surface area contributed by atoms with Crippen molar-refractivity contribution in [2.45, 2.75) is 31.5 Å². The van der Waals surface area contributed by atoms with Crippen LogP contribution in [0.4, 0.5) is 0 Å². The van der Waals surface area contributed by atoms with Gasteiger partial charge in [0.15, 0.2) is 0 Å². The number of benzene rings is 2. The van der Waals surface area contributed by atoms with Gasteiger partial charge in [-0.15, -0.1) is 0 Å². The molecule has 0 spiro atoms. The SMILES string of the molecule is CC(C)(c1ccc(OCCOCC(COP(=O)(O)O)OP(=O)(O)O)cc1)c1ccc(OCCOCC(COP(=O)(O)O)OP(=O)(O)O)cc1. The van der Waals surface area contributed by atoms with Gasteiger partial charge in [-0.25, -0.2) is 18.3 Å². The zero-order valence-electron chi connectivity index (χ0n) is 26.2. The summed E-state index contributed by atoms with van der Waals surface area (Å²) in [6.45, 7) is 1.55. The Hall–Kier alpha value is -1.60. The van der Waals surface area contributed by atoms with Gasteiger partial charge < -0.3 is 58.1 Å². The Labute approximate surface area is 281 Å². The fourth-order valence-corrected chi connectivity index (χ4v) is 5.68. The summed E-state index contributed by atoms with van der Waals surface area (Å²) in [5.41, 5.74) is 1.47. The van der Waals surface area contributed by atoms with Crippen LogP contribution in [0.15, 0.2) is 48.5 Å². The van der Waals surface area contributed by atoms with Crippen LogP contribution in [0.25, 0.3) is 0 Å². The van der Waals surface area contributed by atoms with Crippen LogP contribution < -0.4 is 9.47 Å². The van der Waals surface area contributed by atoms with Gasteiger partial charge in [0.05, 0.1) is 39.6 Å². The molecule has 0 amide bonds. The minimum Gasteiger partial charge on any atom is -0.491 e. The topological polar surface area (TPSA) is 304 Å². The maximum atomic E-state index is 11.1. The average molecular weight is 784 g/mol. The van der Waals surface area contributed by atoms with E-state index in [2.05, 4.69) is 18.1 Å². The molecule has 20 nitrogen and oxygen atoms in total. The molecule has 0 radical (unpaired) electrons. The zero-order chi connectivity index (χ0) is 36.9. The highest BCUT2D eigenvalue weighted by atomic mass is 31.2. The van der Waals surface area contributed by atoms with Crippen LogP contribution in [0, 0.1) is 0 Å². The van der Waals surface area contributed by atoms with Crippen molar-refractivity contribution in [3.8, 4) is 11.5 Å². The Morgan fingerprint density at radius 3 is 1.12 bits per heavy atom. The minimum absolute atomic E-state index is 0.0371. The molecule has 0 bridgehead atoms. The fourth-order valence-electron chi connectivity index (χ4n) is 3.94. The molecule has 0 saturated carbocycles. The first-order valence-corrected chi connectivity index (χ1v) is 20.1. The van der Waals surface area contributed by atoms with Gasteiger partial charge in [-0.2, -0.15) is 0 Å². The summed E-state index contributed by atoms with van der Waals surface area (Å²) in [5.74, 6) is 1.02. The monoisotopic (exact) mass is 784 g/mol. The number of hydrogen-bond donors (Lipinski definition) is 8. The lowest BCUT2D eigenvalue weighted by Gasteiger charge is -2.26. The zero-order valence-corrected chi connectivity index (χ0v) is 29.8. The third kappa shape index (κ3) is 19.6. The molecule has 0 heterocycles. The fraction of sp³-hybridized carbons (Fsp3) is 0.520. The van der Waals surface area contributed by atoms with Gasteiger partial charge in [0.2, 0.25) is 0 Å². The van der Waals surface area contributed by atoms with E-state index in [1.54, 1.807) is 24.3 Å². The van der Waals surface area contributed by atoms with Gasteiger partial charge in [0, 0.05) is 5.41 Å². The summed E-state index contributed by atoms with van der Waals surface area (Å²) in [7, 11) is -19.7. The van der Waals surface area contributed by atoms with E-state index < -0.39 is 75.3 Å². The molecule has 2 unspecified atom stereocenters. The Morgan fingerprint density at radius 2 is 0.837 bits per heavy atom. The van der Waals surface area contributed by atoms with E-state index in [1.807, 2.05) is 38.1 Å². The van der Waals surface area contributed by atoms with E-state index in [0.717, 1.165) is 11.1 Å². The molecule has 0 aliphatic heterocycles. The van der Waals surface area contributed by atoms with Gasteiger partial charge in [-0.05, 0) is 35.4 Å². The van der Waals surface area contributed by atoms with Crippen LogP contribution in [-0.4, -0.2) is 104 Å². The molecule has 0 aliphatic carbocycles. The molecule has 2 rings (SSSR count). The molecule has 0 fully saturated rings. The summed E-state index contributed by atoms with van der Waals surface area (Å²) < 4.78 is 82.9. The average Bonchev–Trinajstić information content (AvgIpc) is 2.96. The third-order valence-corrected chi connectivity index (χ3v) is 8.30. The second-order valence-electron chi connectivity index (χ2n) is 10.5. The Bertz CT molecular complexity index is 1350. The second-order valence-corrected chi connectivity index (χ2v) is 15.4. The van der Waals surface area contributed by atoms with Crippen molar-refractivity contribution < 1.29 is 94.4 Å². The largest absolute Gasteiger partial charge is 0.491 e. The van der Waals surface area contributed by atoms with Crippen LogP contribution in [0.5, 0.6) is 11.5 Å². The number of hydrogen-bond acceptors (Lipinski definition) is 12. The van der Waals surface area contributed by atoms with E-state index in [-0.39, 0.29) is 26.4 Å². The predicted octanol–water partition coefficient (Wildman–Crippen LogP) is 1.98. The molecule has 2 aromatic rings. The smallest absolute Gasteiger partial charge is 0.470 e. The molecule has 280 valence electrons. The standard InChI is InChI=1S/C25H40O20P4/c1-25(2,19-3-7-21(8-4-19)40-13-11-38-15-23(44-48(32,33)34)17-42-46(26,27)28)20-5-9-22(10-6-20)41-14-12-39-16-24(45-49(35,36)37)18-43-47(29,30)31/h3-10,23-24H,11-18H2,1-2H3,(H2,26,27,28)(H2,29,30,31)(H2,32,33,34)(H2,35,36,37). The van der Waals surface area contributed by atoms with Crippen molar-refractivity contribution in [3.63, 3.8) is 0 Å². The van der Waals surface area contributed by atoms with Crippen LogP contribution in [0.1, 0.15) is 25.0 Å². The minimum atomic E-state index is -4.97. The van der Waals surface area contributed by atoms with Crippen molar-refractivity contribution in [3.05, 3.63) is 59.7 Å². The molecule has 0 saturated heterocycles. The number of rotatable bonds is 24. The molecular weight excluding hydrogens is 744 g/mol. The Morgan fingerprint density at radius 1 is 0.510 bits per heavy atom.